The molecule has 5 heteroatoms. The minimum atomic E-state index is 0.737. The lowest BCUT2D eigenvalue weighted by Crippen LogP contribution is -2.47. The Morgan fingerprint density at radius 1 is 0.957 bits per heavy atom. The van der Waals surface area contributed by atoms with E-state index in [1.54, 1.807) is 0 Å². The highest BCUT2D eigenvalue weighted by atomic mass is 35.5. The van der Waals surface area contributed by atoms with Gasteiger partial charge in [-0.25, -0.2) is 4.99 Å². The molecule has 4 rings (SSSR count). The van der Waals surface area contributed by atoms with Gasteiger partial charge in [0.05, 0.1) is 27.6 Å². The number of fused-ring (bicyclic) bond motifs is 2. The normalized spacial score (nSPS) is 17.7. The topological polar surface area (TPSA) is 30.9 Å². The SMILES string of the molecule is CN1CCN(C2=Nc3ccccc3Nc3cccc(Cl)c32)CC1. The van der Waals surface area contributed by atoms with Crippen LogP contribution in [0.5, 0.6) is 0 Å². The molecule has 2 heterocycles. The Kier molecular flexibility index (Phi) is 3.71. The van der Waals surface area contributed by atoms with E-state index >= 15 is 0 Å². The summed E-state index contributed by atoms with van der Waals surface area (Å²) in [7, 11) is 2.16. The monoisotopic (exact) mass is 326 g/mol. The standard InChI is InChI=1S/C18H19ClN4/c1-22-9-11-23(12-10-22)18-17-13(19)5-4-8-16(17)20-14-6-2-3-7-15(14)21-18/h2-8,20H,9-12H2,1H3. The Morgan fingerprint density at radius 2 is 1.70 bits per heavy atom. The molecule has 23 heavy (non-hydrogen) atoms. The average Bonchev–Trinajstić information content (AvgIpc) is 2.73. The van der Waals surface area contributed by atoms with Gasteiger partial charge in [-0.05, 0) is 31.3 Å². The van der Waals surface area contributed by atoms with Crippen molar-refractivity contribution < 1.29 is 0 Å². The molecule has 1 fully saturated rings. The number of anilines is 2. The molecule has 1 saturated heterocycles. The molecule has 0 amide bonds. The summed E-state index contributed by atoms with van der Waals surface area (Å²) in [4.78, 5) is 9.65. The van der Waals surface area contributed by atoms with Crippen molar-refractivity contribution in [3.05, 3.63) is 53.1 Å². The first-order valence-electron chi connectivity index (χ1n) is 7.89. The van der Waals surface area contributed by atoms with Crippen molar-refractivity contribution in [3.63, 3.8) is 0 Å². The van der Waals surface area contributed by atoms with E-state index in [-0.39, 0.29) is 0 Å². The molecule has 2 aliphatic heterocycles. The molecule has 0 radical (unpaired) electrons. The number of halogens is 1. The van der Waals surface area contributed by atoms with Gasteiger partial charge in [0.1, 0.15) is 5.84 Å². The zero-order valence-electron chi connectivity index (χ0n) is 13.1. The van der Waals surface area contributed by atoms with Crippen LogP contribution in [0.1, 0.15) is 5.56 Å². The third-order valence-electron chi connectivity index (χ3n) is 4.44. The van der Waals surface area contributed by atoms with Crippen LogP contribution in [0, 0.1) is 0 Å². The maximum Gasteiger partial charge on any atom is 0.140 e. The fourth-order valence-corrected chi connectivity index (χ4v) is 3.35. The molecule has 0 atom stereocenters. The first-order chi connectivity index (χ1) is 11.2. The summed E-state index contributed by atoms with van der Waals surface area (Å²) in [5.74, 6) is 0.969. The van der Waals surface area contributed by atoms with Crippen LogP contribution in [0.25, 0.3) is 0 Å². The highest BCUT2D eigenvalue weighted by Crippen LogP contribution is 2.37. The van der Waals surface area contributed by atoms with Gasteiger partial charge in [0.15, 0.2) is 0 Å². The average molecular weight is 327 g/mol. The Hall–Kier alpha value is -2.04. The molecular formula is C18H19ClN4. The molecular weight excluding hydrogens is 308 g/mol. The molecule has 118 valence electrons. The smallest absolute Gasteiger partial charge is 0.140 e. The molecule has 0 aliphatic carbocycles. The Bertz CT molecular complexity index is 763. The van der Waals surface area contributed by atoms with Crippen molar-refractivity contribution in [2.45, 2.75) is 0 Å². The number of nitrogens with one attached hydrogen (secondary N) is 1. The lowest BCUT2D eigenvalue weighted by molar-refractivity contribution is 0.216. The van der Waals surface area contributed by atoms with Crippen molar-refractivity contribution in [3.8, 4) is 0 Å². The van der Waals surface area contributed by atoms with Gasteiger partial charge in [-0.1, -0.05) is 29.8 Å². The molecule has 1 N–H and O–H groups in total. The van der Waals surface area contributed by atoms with Crippen LogP contribution < -0.4 is 5.32 Å². The minimum Gasteiger partial charge on any atom is -0.353 e. The van der Waals surface area contributed by atoms with Crippen molar-refractivity contribution >= 4 is 34.5 Å². The van der Waals surface area contributed by atoms with E-state index in [1.165, 1.54) is 0 Å². The third kappa shape index (κ3) is 2.69. The van der Waals surface area contributed by atoms with Crippen LogP contribution in [0.15, 0.2) is 47.5 Å². The number of rotatable bonds is 0. The van der Waals surface area contributed by atoms with E-state index in [2.05, 4.69) is 34.3 Å². The summed E-state index contributed by atoms with van der Waals surface area (Å²) < 4.78 is 0. The maximum absolute atomic E-state index is 6.54. The van der Waals surface area contributed by atoms with Gasteiger partial charge in [0, 0.05) is 26.2 Å². The summed E-state index contributed by atoms with van der Waals surface area (Å²) in [6, 6.07) is 14.1. The number of nitrogens with zero attached hydrogens (tertiary/aromatic N) is 3. The first kappa shape index (κ1) is 14.5. The lowest BCUT2D eigenvalue weighted by atomic mass is 10.1. The number of hydrogen-bond acceptors (Lipinski definition) is 4. The van der Waals surface area contributed by atoms with Crippen LogP contribution in [0.2, 0.25) is 5.02 Å². The molecule has 2 aliphatic rings. The van der Waals surface area contributed by atoms with Gasteiger partial charge in [-0.3, -0.25) is 0 Å². The summed E-state index contributed by atoms with van der Waals surface area (Å²) in [5, 5.41) is 4.22. The van der Waals surface area contributed by atoms with Crippen LogP contribution in [-0.4, -0.2) is 48.9 Å². The van der Waals surface area contributed by atoms with Gasteiger partial charge < -0.3 is 15.1 Å². The van der Waals surface area contributed by atoms with Gasteiger partial charge in [-0.15, -0.1) is 0 Å². The van der Waals surface area contributed by atoms with Gasteiger partial charge in [-0.2, -0.15) is 0 Å². The Labute approximate surface area is 141 Å². The maximum atomic E-state index is 6.54. The lowest BCUT2D eigenvalue weighted by Gasteiger charge is -2.35. The number of aliphatic imine (C=N–C) groups is 1. The van der Waals surface area contributed by atoms with Crippen molar-refractivity contribution in [1.82, 2.24) is 9.80 Å². The first-order valence-corrected chi connectivity index (χ1v) is 8.27. The molecule has 0 unspecified atom stereocenters. The second kappa shape index (κ2) is 5.87. The minimum absolute atomic E-state index is 0.737. The fourth-order valence-electron chi connectivity index (χ4n) is 3.09. The molecule has 0 spiro atoms. The largest absolute Gasteiger partial charge is 0.353 e. The van der Waals surface area contributed by atoms with E-state index in [1.807, 2.05) is 30.3 Å². The van der Waals surface area contributed by atoms with Crippen molar-refractivity contribution in [2.24, 2.45) is 4.99 Å². The quantitative estimate of drug-likeness (QED) is 0.800. The highest BCUT2D eigenvalue weighted by molar-refractivity contribution is 6.35. The molecule has 0 aromatic heterocycles. The summed E-state index contributed by atoms with van der Waals surface area (Å²) >= 11 is 6.54. The molecule has 0 bridgehead atoms. The van der Waals surface area contributed by atoms with Gasteiger partial charge >= 0.3 is 0 Å². The molecule has 4 nitrogen and oxygen atoms in total. The molecule has 2 aromatic rings. The number of amidine groups is 1. The number of likely N-dealkylation sites (N-methyl/N-ethyl adjacent to an activating group) is 1. The fraction of sp³-hybridized carbons (Fsp3) is 0.278. The van der Waals surface area contributed by atoms with E-state index in [4.69, 9.17) is 16.6 Å². The highest BCUT2D eigenvalue weighted by Gasteiger charge is 2.25. The van der Waals surface area contributed by atoms with E-state index in [9.17, 15) is 0 Å². The summed E-state index contributed by atoms with van der Waals surface area (Å²) in [6.07, 6.45) is 0. The Morgan fingerprint density at radius 3 is 2.52 bits per heavy atom. The predicted molar refractivity (Wildman–Crippen MR) is 96.4 cm³/mol. The zero-order valence-corrected chi connectivity index (χ0v) is 13.8. The summed E-state index contributed by atoms with van der Waals surface area (Å²) in [5.41, 5.74) is 3.98. The zero-order chi connectivity index (χ0) is 15.8. The number of benzene rings is 2. The van der Waals surface area contributed by atoms with E-state index in [0.29, 0.717) is 0 Å². The molecule has 0 saturated carbocycles. The van der Waals surface area contributed by atoms with E-state index < -0.39 is 0 Å². The number of hydrogen-bond donors (Lipinski definition) is 1. The second-order valence-electron chi connectivity index (χ2n) is 6.03. The van der Waals surface area contributed by atoms with Crippen LogP contribution in [0.4, 0.5) is 17.1 Å². The summed E-state index contributed by atoms with van der Waals surface area (Å²) in [6.45, 7) is 3.99. The second-order valence-corrected chi connectivity index (χ2v) is 6.44. The Balaban J connectivity index is 1.86. The number of para-hydroxylation sites is 2. The van der Waals surface area contributed by atoms with E-state index in [0.717, 1.165) is 59.7 Å². The number of piperazine rings is 1. The van der Waals surface area contributed by atoms with Crippen LogP contribution >= 0.6 is 11.6 Å². The van der Waals surface area contributed by atoms with Crippen molar-refractivity contribution in [2.75, 3.05) is 38.5 Å². The van der Waals surface area contributed by atoms with Crippen LogP contribution in [-0.2, 0) is 0 Å². The van der Waals surface area contributed by atoms with Gasteiger partial charge in [0.25, 0.3) is 0 Å². The van der Waals surface area contributed by atoms with Crippen LogP contribution in [0.3, 0.4) is 0 Å². The third-order valence-corrected chi connectivity index (χ3v) is 4.75. The van der Waals surface area contributed by atoms with Gasteiger partial charge in [0.2, 0.25) is 0 Å². The molecule has 2 aromatic carbocycles. The predicted octanol–water partition coefficient (Wildman–Crippen LogP) is 3.72. The van der Waals surface area contributed by atoms with Crippen molar-refractivity contribution in [1.29, 1.82) is 0 Å².